The second kappa shape index (κ2) is 7.92. The normalized spacial score (nSPS) is 16.9. The quantitative estimate of drug-likeness (QED) is 0.621. The van der Waals surface area contributed by atoms with Crippen molar-refractivity contribution in [1.29, 1.82) is 0 Å². The maximum atomic E-state index is 13.3. The molecule has 0 aromatic heterocycles. The molecule has 0 saturated carbocycles. The van der Waals surface area contributed by atoms with Gasteiger partial charge in [0.05, 0.1) is 10.5 Å². The summed E-state index contributed by atoms with van der Waals surface area (Å²) in [7, 11) is -4.41. The number of aliphatic carboxylic acids is 1. The van der Waals surface area contributed by atoms with Crippen molar-refractivity contribution in [3.63, 3.8) is 0 Å². The lowest BCUT2D eigenvalue weighted by molar-refractivity contribution is -0.140. The number of carboxylic acids is 1. The minimum absolute atomic E-state index is 0.124. The molecule has 0 spiro atoms. The number of carbonyl (C=O) groups is 1. The number of sulfonamides is 1. The fourth-order valence-electron chi connectivity index (χ4n) is 3.23. The molecule has 29 heavy (non-hydrogen) atoms. The van der Waals surface area contributed by atoms with Crippen molar-refractivity contribution in [3.05, 3.63) is 69.2 Å². The standard InChI is InChI=1S/C19H15BrF3NO4S/c20-14-4-5-17(16(10-14)19(21,22)23)29(27,28)24-15-8-12-3-1-11(2-6-18(25)26)7-13(12)9-15/h1-7,10,15,24H,8-9H2,(H,25,26). The number of carboxylic acid groups (broad SMARTS) is 1. The van der Waals surface area contributed by atoms with Gasteiger partial charge in [-0.2, -0.15) is 13.2 Å². The molecule has 0 bridgehead atoms. The second-order valence-corrected chi connectivity index (χ2v) is 9.16. The number of benzene rings is 2. The van der Waals surface area contributed by atoms with Gasteiger partial charge in [0.15, 0.2) is 0 Å². The second-order valence-electron chi connectivity index (χ2n) is 6.56. The minimum atomic E-state index is -4.82. The predicted octanol–water partition coefficient (Wildman–Crippen LogP) is 4.01. The van der Waals surface area contributed by atoms with E-state index in [1.54, 1.807) is 18.2 Å². The van der Waals surface area contributed by atoms with E-state index in [2.05, 4.69) is 20.7 Å². The number of nitrogens with one attached hydrogen (secondary N) is 1. The minimum Gasteiger partial charge on any atom is -0.478 e. The maximum absolute atomic E-state index is 13.3. The molecule has 1 aliphatic rings. The molecule has 10 heteroatoms. The molecule has 3 rings (SSSR count). The number of fused-ring (bicyclic) bond motifs is 1. The average molecular weight is 490 g/mol. The van der Waals surface area contributed by atoms with E-state index in [1.807, 2.05) is 0 Å². The van der Waals surface area contributed by atoms with E-state index < -0.39 is 38.7 Å². The highest BCUT2D eigenvalue weighted by Crippen LogP contribution is 2.36. The molecular formula is C19H15BrF3NO4S. The van der Waals surface area contributed by atoms with Crippen LogP contribution in [0.15, 0.2) is 51.8 Å². The van der Waals surface area contributed by atoms with Gasteiger partial charge in [0.2, 0.25) is 10.0 Å². The van der Waals surface area contributed by atoms with Gasteiger partial charge in [-0.05, 0) is 53.8 Å². The van der Waals surface area contributed by atoms with E-state index in [0.29, 0.717) is 18.4 Å². The molecule has 0 heterocycles. The Morgan fingerprint density at radius 3 is 2.48 bits per heavy atom. The Labute approximate surface area is 173 Å². The third-order valence-corrected chi connectivity index (χ3v) is 6.51. The van der Waals surface area contributed by atoms with Gasteiger partial charge < -0.3 is 5.11 Å². The molecule has 2 N–H and O–H groups in total. The van der Waals surface area contributed by atoms with E-state index in [1.165, 1.54) is 12.1 Å². The highest BCUT2D eigenvalue weighted by Gasteiger charge is 2.38. The predicted molar refractivity (Wildman–Crippen MR) is 104 cm³/mol. The molecule has 0 aliphatic heterocycles. The van der Waals surface area contributed by atoms with Gasteiger partial charge in [0.1, 0.15) is 0 Å². The maximum Gasteiger partial charge on any atom is 0.417 e. The molecule has 1 unspecified atom stereocenters. The van der Waals surface area contributed by atoms with Gasteiger partial charge in [0.25, 0.3) is 0 Å². The third-order valence-electron chi connectivity index (χ3n) is 4.44. The van der Waals surface area contributed by atoms with E-state index >= 15 is 0 Å². The van der Waals surface area contributed by atoms with Crippen LogP contribution in [0, 0.1) is 0 Å². The Morgan fingerprint density at radius 2 is 1.83 bits per heavy atom. The van der Waals surface area contributed by atoms with E-state index in [0.717, 1.165) is 29.3 Å². The van der Waals surface area contributed by atoms with E-state index in [4.69, 9.17) is 5.11 Å². The van der Waals surface area contributed by atoms with Crippen LogP contribution in [0.25, 0.3) is 6.08 Å². The average Bonchev–Trinajstić information content (AvgIpc) is 2.99. The summed E-state index contributed by atoms with van der Waals surface area (Å²) in [5, 5.41) is 8.70. The summed E-state index contributed by atoms with van der Waals surface area (Å²) in [6.07, 6.45) is -1.80. The third kappa shape index (κ3) is 5.06. The largest absolute Gasteiger partial charge is 0.478 e. The Kier molecular flexibility index (Phi) is 5.88. The zero-order chi connectivity index (χ0) is 21.4. The highest BCUT2D eigenvalue weighted by molar-refractivity contribution is 9.10. The zero-order valence-electron chi connectivity index (χ0n) is 14.7. The Morgan fingerprint density at radius 1 is 1.14 bits per heavy atom. The summed E-state index contributed by atoms with van der Waals surface area (Å²) in [4.78, 5) is 9.80. The lowest BCUT2D eigenvalue weighted by Crippen LogP contribution is -2.36. The SMILES string of the molecule is O=C(O)C=Cc1ccc2c(c1)CC(NS(=O)(=O)c1ccc(Br)cc1C(F)(F)F)C2. The first kappa shape index (κ1) is 21.5. The van der Waals surface area contributed by atoms with Crippen molar-refractivity contribution in [2.24, 2.45) is 0 Å². The number of alkyl halides is 3. The Hall–Kier alpha value is -2.17. The van der Waals surface area contributed by atoms with Gasteiger partial charge in [-0.1, -0.05) is 34.1 Å². The molecule has 154 valence electrons. The number of hydrogen-bond donors (Lipinski definition) is 2. The number of rotatable bonds is 5. The van der Waals surface area contributed by atoms with Crippen LogP contribution in [-0.4, -0.2) is 25.5 Å². The van der Waals surface area contributed by atoms with Crippen LogP contribution in [0.4, 0.5) is 13.2 Å². The lowest BCUT2D eigenvalue weighted by atomic mass is 10.1. The van der Waals surface area contributed by atoms with Crippen molar-refractivity contribution in [2.45, 2.75) is 30.0 Å². The van der Waals surface area contributed by atoms with Crippen LogP contribution in [0.3, 0.4) is 0 Å². The number of hydrogen-bond acceptors (Lipinski definition) is 3. The van der Waals surface area contributed by atoms with Gasteiger partial charge in [0, 0.05) is 16.6 Å². The fourth-order valence-corrected chi connectivity index (χ4v) is 5.04. The van der Waals surface area contributed by atoms with Crippen LogP contribution in [0.1, 0.15) is 22.3 Å². The van der Waals surface area contributed by atoms with E-state index in [9.17, 15) is 26.4 Å². The smallest absolute Gasteiger partial charge is 0.417 e. The first-order chi connectivity index (χ1) is 13.5. The van der Waals surface area contributed by atoms with Crippen LogP contribution in [0.5, 0.6) is 0 Å². The summed E-state index contributed by atoms with van der Waals surface area (Å²) in [5.41, 5.74) is 1.08. The van der Waals surface area contributed by atoms with Crippen LogP contribution in [-0.2, 0) is 33.8 Å². The summed E-state index contributed by atoms with van der Waals surface area (Å²) in [5.74, 6) is -1.09. The monoisotopic (exact) mass is 489 g/mol. The molecular weight excluding hydrogens is 475 g/mol. The molecule has 0 fully saturated rings. The molecule has 0 radical (unpaired) electrons. The van der Waals surface area contributed by atoms with Gasteiger partial charge in [-0.25, -0.2) is 17.9 Å². The van der Waals surface area contributed by atoms with Gasteiger partial charge in [-0.3, -0.25) is 0 Å². The van der Waals surface area contributed by atoms with Crippen LogP contribution < -0.4 is 4.72 Å². The van der Waals surface area contributed by atoms with E-state index in [-0.39, 0.29) is 4.47 Å². The van der Waals surface area contributed by atoms with Crippen LogP contribution in [0.2, 0.25) is 0 Å². The van der Waals surface area contributed by atoms with Crippen molar-refractivity contribution in [2.75, 3.05) is 0 Å². The fraction of sp³-hybridized carbons (Fsp3) is 0.211. The molecule has 5 nitrogen and oxygen atoms in total. The summed E-state index contributed by atoms with van der Waals surface area (Å²) in [6.45, 7) is 0. The lowest BCUT2D eigenvalue weighted by Gasteiger charge is -2.17. The van der Waals surface area contributed by atoms with Gasteiger partial charge >= 0.3 is 12.1 Å². The van der Waals surface area contributed by atoms with Crippen molar-refractivity contribution in [1.82, 2.24) is 4.72 Å². The summed E-state index contributed by atoms with van der Waals surface area (Å²) < 4.78 is 67.7. The van der Waals surface area contributed by atoms with Crippen molar-refractivity contribution < 1.29 is 31.5 Å². The molecule has 2 aromatic rings. The molecule has 1 aliphatic carbocycles. The van der Waals surface area contributed by atoms with Gasteiger partial charge in [-0.15, -0.1) is 0 Å². The molecule has 0 amide bonds. The molecule has 1 atom stereocenters. The summed E-state index contributed by atoms with van der Waals surface area (Å²) in [6, 6.07) is 7.50. The Bertz CT molecular complexity index is 1100. The highest BCUT2D eigenvalue weighted by atomic mass is 79.9. The Balaban J connectivity index is 1.83. The van der Waals surface area contributed by atoms with Crippen molar-refractivity contribution >= 4 is 38.0 Å². The first-order valence-corrected chi connectivity index (χ1v) is 10.7. The number of halogens is 4. The molecule has 0 saturated heterocycles. The molecule has 2 aromatic carbocycles. The summed E-state index contributed by atoms with van der Waals surface area (Å²) >= 11 is 2.93. The topological polar surface area (TPSA) is 83.5 Å². The zero-order valence-corrected chi connectivity index (χ0v) is 17.1. The van der Waals surface area contributed by atoms with Crippen molar-refractivity contribution in [3.8, 4) is 0 Å². The first-order valence-electron chi connectivity index (χ1n) is 8.37. The van der Waals surface area contributed by atoms with Crippen LogP contribution >= 0.6 is 15.9 Å².